The van der Waals surface area contributed by atoms with Crippen LogP contribution in [-0.4, -0.2) is 35.7 Å². The highest BCUT2D eigenvalue weighted by Gasteiger charge is 2.10. The zero-order chi connectivity index (χ0) is 20.5. The number of carbonyl (C=O) groups excluding carboxylic acids is 2. The van der Waals surface area contributed by atoms with Gasteiger partial charge < -0.3 is 14.6 Å². The largest absolute Gasteiger partial charge is 0.494 e. The molecule has 0 unspecified atom stereocenters. The monoisotopic (exact) mass is 382 g/mol. The predicted molar refractivity (Wildman–Crippen MR) is 110 cm³/mol. The molecule has 0 fully saturated rings. The van der Waals surface area contributed by atoms with E-state index >= 15 is 0 Å². The van der Waals surface area contributed by atoms with Crippen LogP contribution in [0.2, 0.25) is 0 Å². The molecule has 148 valence electrons. The molecule has 2 aromatic rings. The fraction of sp³-hybridized carbons (Fsp3) is 0.286. The van der Waals surface area contributed by atoms with E-state index in [1.165, 1.54) is 0 Å². The molecule has 0 radical (unpaired) electrons. The topological polar surface area (TPSA) is 84.7 Å². The first-order valence-corrected chi connectivity index (χ1v) is 9.08. The number of benzene rings is 1. The third-order valence-corrected chi connectivity index (χ3v) is 4.03. The Morgan fingerprint density at radius 3 is 2.57 bits per heavy atom. The number of nitrogens with zero attached hydrogens (tertiary/aromatic N) is 2. The fourth-order valence-electron chi connectivity index (χ4n) is 2.78. The Bertz CT molecular complexity index is 867. The van der Waals surface area contributed by atoms with E-state index in [4.69, 9.17) is 4.74 Å². The maximum atomic E-state index is 11.7. The van der Waals surface area contributed by atoms with E-state index in [-0.39, 0.29) is 12.3 Å². The molecule has 7 heteroatoms. The van der Waals surface area contributed by atoms with E-state index in [0.717, 1.165) is 28.4 Å². The standard InChI is InChI=1S/C21H26N4O3/c1-5-11-22-20(26)13-21(27)24-23-14-17-12-15(3)25(16(17)4)18-7-9-19(10-8-18)28-6-2/h5,7-10,12,14H,1,6,11,13H2,2-4H3,(H,22,26)(H,24,27)/b23-14+. The molecule has 2 amide bonds. The molecular formula is C21H26N4O3. The molecule has 1 heterocycles. The summed E-state index contributed by atoms with van der Waals surface area (Å²) < 4.78 is 7.58. The molecule has 0 spiro atoms. The van der Waals surface area contributed by atoms with E-state index in [0.29, 0.717) is 13.2 Å². The lowest BCUT2D eigenvalue weighted by Crippen LogP contribution is -2.29. The molecule has 0 atom stereocenters. The first-order valence-electron chi connectivity index (χ1n) is 9.08. The predicted octanol–water partition coefficient (Wildman–Crippen LogP) is 2.64. The Morgan fingerprint density at radius 1 is 1.21 bits per heavy atom. The number of nitrogens with one attached hydrogen (secondary N) is 2. The third-order valence-electron chi connectivity index (χ3n) is 4.03. The average Bonchev–Trinajstić information content (AvgIpc) is 2.94. The summed E-state index contributed by atoms with van der Waals surface area (Å²) in [5, 5.41) is 6.50. The molecule has 2 rings (SSSR count). The summed E-state index contributed by atoms with van der Waals surface area (Å²) in [5.74, 6) is -0.0188. The van der Waals surface area contributed by atoms with Crippen LogP contribution in [0.3, 0.4) is 0 Å². The van der Waals surface area contributed by atoms with E-state index in [2.05, 4.69) is 27.0 Å². The van der Waals surface area contributed by atoms with Crippen molar-refractivity contribution in [2.24, 2.45) is 5.10 Å². The molecule has 1 aromatic carbocycles. The van der Waals surface area contributed by atoms with Crippen molar-refractivity contribution in [1.29, 1.82) is 0 Å². The second-order valence-electron chi connectivity index (χ2n) is 6.15. The van der Waals surface area contributed by atoms with Crippen LogP contribution in [-0.2, 0) is 9.59 Å². The normalized spacial score (nSPS) is 10.7. The van der Waals surface area contributed by atoms with Gasteiger partial charge in [-0.15, -0.1) is 6.58 Å². The molecule has 1 aromatic heterocycles. The zero-order valence-electron chi connectivity index (χ0n) is 16.5. The van der Waals surface area contributed by atoms with Gasteiger partial charge in [-0.2, -0.15) is 5.10 Å². The summed E-state index contributed by atoms with van der Waals surface area (Å²) >= 11 is 0. The summed E-state index contributed by atoms with van der Waals surface area (Å²) in [6, 6.07) is 9.84. The van der Waals surface area contributed by atoms with Crippen molar-refractivity contribution in [2.45, 2.75) is 27.2 Å². The Hall–Kier alpha value is -3.35. The van der Waals surface area contributed by atoms with E-state index < -0.39 is 5.91 Å². The van der Waals surface area contributed by atoms with Crippen LogP contribution in [0.4, 0.5) is 0 Å². The van der Waals surface area contributed by atoms with Crippen molar-refractivity contribution in [2.75, 3.05) is 13.2 Å². The number of hydrazone groups is 1. The molecule has 0 aliphatic carbocycles. The Balaban J connectivity index is 2.04. The number of amides is 2. The zero-order valence-corrected chi connectivity index (χ0v) is 16.5. The number of carbonyl (C=O) groups is 2. The smallest absolute Gasteiger partial charge is 0.249 e. The highest BCUT2D eigenvalue weighted by Crippen LogP contribution is 2.22. The Kier molecular flexibility index (Phi) is 7.56. The van der Waals surface area contributed by atoms with Gasteiger partial charge in [-0.3, -0.25) is 9.59 Å². The molecule has 0 bridgehead atoms. The van der Waals surface area contributed by atoms with Crippen LogP contribution in [0, 0.1) is 13.8 Å². The minimum absolute atomic E-state index is 0.281. The van der Waals surface area contributed by atoms with Gasteiger partial charge in [0.25, 0.3) is 0 Å². The highest BCUT2D eigenvalue weighted by molar-refractivity contribution is 5.97. The van der Waals surface area contributed by atoms with Gasteiger partial charge in [0, 0.05) is 29.2 Å². The van der Waals surface area contributed by atoms with Crippen LogP contribution in [0.15, 0.2) is 48.1 Å². The van der Waals surface area contributed by atoms with Crippen molar-refractivity contribution in [3.8, 4) is 11.4 Å². The van der Waals surface area contributed by atoms with Crippen molar-refractivity contribution in [3.63, 3.8) is 0 Å². The Labute approximate surface area is 165 Å². The van der Waals surface area contributed by atoms with Crippen LogP contribution in [0.1, 0.15) is 30.3 Å². The van der Waals surface area contributed by atoms with Crippen LogP contribution in [0.5, 0.6) is 5.75 Å². The maximum Gasteiger partial charge on any atom is 0.249 e. The molecular weight excluding hydrogens is 356 g/mol. The molecule has 28 heavy (non-hydrogen) atoms. The quantitative estimate of drug-likeness (QED) is 0.303. The minimum atomic E-state index is -0.474. The fourth-order valence-corrected chi connectivity index (χ4v) is 2.78. The molecule has 0 saturated carbocycles. The number of hydrogen-bond acceptors (Lipinski definition) is 4. The highest BCUT2D eigenvalue weighted by atomic mass is 16.5. The summed E-state index contributed by atoms with van der Waals surface area (Å²) in [4.78, 5) is 23.2. The Morgan fingerprint density at radius 2 is 1.93 bits per heavy atom. The lowest BCUT2D eigenvalue weighted by molar-refractivity contribution is -0.129. The summed E-state index contributed by atoms with van der Waals surface area (Å²) in [7, 11) is 0. The summed E-state index contributed by atoms with van der Waals surface area (Å²) in [6.07, 6.45) is 2.84. The molecule has 0 aliphatic rings. The molecule has 0 saturated heterocycles. The first kappa shape index (κ1) is 21.0. The lowest BCUT2D eigenvalue weighted by Gasteiger charge is -2.10. The van der Waals surface area contributed by atoms with Crippen LogP contribution >= 0.6 is 0 Å². The van der Waals surface area contributed by atoms with Gasteiger partial charge >= 0.3 is 0 Å². The number of aryl methyl sites for hydroxylation is 1. The van der Waals surface area contributed by atoms with E-state index in [1.807, 2.05) is 51.1 Å². The first-order chi connectivity index (χ1) is 13.5. The summed E-state index contributed by atoms with van der Waals surface area (Å²) in [6.45, 7) is 10.4. The van der Waals surface area contributed by atoms with Gasteiger partial charge in [0.05, 0.1) is 12.8 Å². The second-order valence-corrected chi connectivity index (χ2v) is 6.15. The lowest BCUT2D eigenvalue weighted by atomic mass is 10.2. The van der Waals surface area contributed by atoms with Crippen LogP contribution < -0.4 is 15.5 Å². The van der Waals surface area contributed by atoms with Gasteiger partial charge in [0.1, 0.15) is 12.2 Å². The molecule has 0 aliphatic heterocycles. The van der Waals surface area contributed by atoms with Crippen molar-refractivity contribution >= 4 is 18.0 Å². The minimum Gasteiger partial charge on any atom is -0.494 e. The second kappa shape index (κ2) is 10.1. The van der Waals surface area contributed by atoms with E-state index in [1.54, 1.807) is 12.3 Å². The van der Waals surface area contributed by atoms with Crippen LogP contribution in [0.25, 0.3) is 5.69 Å². The maximum absolute atomic E-state index is 11.7. The molecule has 7 nitrogen and oxygen atoms in total. The summed E-state index contributed by atoms with van der Waals surface area (Å²) in [5.41, 5.74) is 6.30. The van der Waals surface area contributed by atoms with E-state index in [9.17, 15) is 9.59 Å². The van der Waals surface area contributed by atoms with Gasteiger partial charge in [-0.1, -0.05) is 6.08 Å². The SMILES string of the molecule is C=CCNC(=O)CC(=O)N/N=C/c1cc(C)n(-c2ccc(OCC)cc2)c1C. The van der Waals surface area contributed by atoms with Gasteiger partial charge in [0.2, 0.25) is 11.8 Å². The van der Waals surface area contributed by atoms with Crippen molar-refractivity contribution < 1.29 is 14.3 Å². The van der Waals surface area contributed by atoms with Gasteiger partial charge in [-0.25, -0.2) is 5.43 Å². The van der Waals surface area contributed by atoms with Gasteiger partial charge in [0.15, 0.2) is 0 Å². The molecule has 2 N–H and O–H groups in total. The van der Waals surface area contributed by atoms with Crippen molar-refractivity contribution in [1.82, 2.24) is 15.3 Å². The van der Waals surface area contributed by atoms with Crippen molar-refractivity contribution in [3.05, 3.63) is 59.9 Å². The number of hydrogen-bond donors (Lipinski definition) is 2. The number of rotatable bonds is 9. The third kappa shape index (κ3) is 5.57. The number of ether oxygens (including phenoxy) is 1. The van der Waals surface area contributed by atoms with Gasteiger partial charge in [-0.05, 0) is 51.1 Å². The number of aromatic nitrogens is 1. The average molecular weight is 382 g/mol.